The van der Waals surface area contributed by atoms with Crippen LogP contribution in [0.4, 0.5) is 0 Å². The molecule has 0 radical (unpaired) electrons. The van der Waals surface area contributed by atoms with Crippen molar-refractivity contribution in [3.63, 3.8) is 0 Å². The molecule has 0 aromatic carbocycles. The fourth-order valence-electron chi connectivity index (χ4n) is 1.79. The Bertz CT molecular complexity index is 533. The average Bonchev–Trinajstić information content (AvgIpc) is 2.82. The molecular formula is C12H15Cl2N3S. The highest BCUT2D eigenvalue weighted by atomic mass is 35.5. The van der Waals surface area contributed by atoms with Crippen molar-refractivity contribution in [1.82, 2.24) is 15.1 Å². The molecule has 2 heterocycles. The molecule has 2 aromatic rings. The Kier molecular flexibility index (Phi) is 4.67. The van der Waals surface area contributed by atoms with Gasteiger partial charge in [-0.3, -0.25) is 4.68 Å². The van der Waals surface area contributed by atoms with Gasteiger partial charge < -0.3 is 5.32 Å². The van der Waals surface area contributed by atoms with E-state index in [-0.39, 0.29) is 0 Å². The summed E-state index contributed by atoms with van der Waals surface area (Å²) < 4.78 is 2.54. The molecule has 0 aliphatic heterocycles. The highest BCUT2D eigenvalue weighted by molar-refractivity contribution is 7.16. The molecule has 0 unspecified atom stereocenters. The van der Waals surface area contributed by atoms with Gasteiger partial charge in [0, 0.05) is 30.6 Å². The molecule has 0 amide bonds. The highest BCUT2D eigenvalue weighted by Crippen LogP contribution is 2.21. The predicted octanol–water partition coefficient (Wildman–Crippen LogP) is 3.43. The van der Waals surface area contributed by atoms with Crippen molar-refractivity contribution in [2.45, 2.75) is 19.9 Å². The number of nitrogens with one attached hydrogen (secondary N) is 1. The molecule has 0 saturated carbocycles. The first-order valence-electron chi connectivity index (χ1n) is 5.71. The lowest BCUT2D eigenvalue weighted by Gasteiger charge is -2.03. The van der Waals surface area contributed by atoms with Crippen LogP contribution in [0.15, 0.2) is 12.1 Å². The second-order valence-electron chi connectivity index (χ2n) is 4.11. The molecule has 2 aromatic heterocycles. The SMILES string of the molecule is Cc1nn(C)c(Cl)c1CNCCc1ccc(Cl)s1. The summed E-state index contributed by atoms with van der Waals surface area (Å²) in [5.41, 5.74) is 2.05. The third-order valence-corrected chi connectivity index (χ3v) is 4.51. The molecule has 18 heavy (non-hydrogen) atoms. The molecule has 0 spiro atoms. The predicted molar refractivity (Wildman–Crippen MR) is 77.7 cm³/mol. The summed E-state index contributed by atoms with van der Waals surface area (Å²) in [6.07, 6.45) is 0.980. The van der Waals surface area contributed by atoms with E-state index in [1.807, 2.05) is 20.0 Å². The van der Waals surface area contributed by atoms with E-state index in [0.717, 1.165) is 35.1 Å². The van der Waals surface area contributed by atoms with Crippen LogP contribution in [-0.4, -0.2) is 16.3 Å². The monoisotopic (exact) mass is 303 g/mol. The van der Waals surface area contributed by atoms with Crippen LogP contribution < -0.4 is 5.32 Å². The first-order valence-corrected chi connectivity index (χ1v) is 7.28. The van der Waals surface area contributed by atoms with Crippen LogP contribution in [0.1, 0.15) is 16.1 Å². The van der Waals surface area contributed by atoms with E-state index >= 15 is 0 Å². The van der Waals surface area contributed by atoms with Gasteiger partial charge in [-0.2, -0.15) is 5.10 Å². The topological polar surface area (TPSA) is 29.9 Å². The van der Waals surface area contributed by atoms with Gasteiger partial charge in [0.15, 0.2) is 0 Å². The van der Waals surface area contributed by atoms with Gasteiger partial charge in [0.25, 0.3) is 0 Å². The fourth-order valence-corrected chi connectivity index (χ4v) is 3.11. The van der Waals surface area contributed by atoms with E-state index in [1.165, 1.54) is 4.88 Å². The molecule has 0 atom stereocenters. The number of aryl methyl sites for hydroxylation is 2. The molecule has 0 aliphatic carbocycles. The van der Waals surface area contributed by atoms with Gasteiger partial charge >= 0.3 is 0 Å². The molecular weight excluding hydrogens is 289 g/mol. The minimum atomic E-state index is 0.708. The number of aromatic nitrogens is 2. The van der Waals surface area contributed by atoms with Gasteiger partial charge in [0.1, 0.15) is 5.15 Å². The summed E-state index contributed by atoms with van der Waals surface area (Å²) in [6.45, 7) is 3.63. The number of hydrogen-bond donors (Lipinski definition) is 1. The van der Waals surface area contributed by atoms with Crippen molar-refractivity contribution >= 4 is 34.5 Å². The van der Waals surface area contributed by atoms with Gasteiger partial charge in [0.2, 0.25) is 0 Å². The first kappa shape index (κ1) is 13.9. The molecule has 98 valence electrons. The van der Waals surface area contributed by atoms with Crippen LogP contribution in [0.3, 0.4) is 0 Å². The smallest absolute Gasteiger partial charge is 0.131 e. The van der Waals surface area contributed by atoms with Crippen LogP contribution in [0.2, 0.25) is 9.49 Å². The molecule has 1 N–H and O–H groups in total. The molecule has 0 bridgehead atoms. The lowest BCUT2D eigenvalue weighted by Crippen LogP contribution is -2.16. The molecule has 0 fully saturated rings. The van der Waals surface area contributed by atoms with Crippen LogP contribution in [0.5, 0.6) is 0 Å². The van der Waals surface area contributed by atoms with Crippen molar-refractivity contribution < 1.29 is 0 Å². The van der Waals surface area contributed by atoms with Gasteiger partial charge in [-0.15, -0.1) is 11.3 Å². The van der Waals surface area contributed by atoms with Gasteiger partial charge in [-0.05, 0) is 25.5 Å². The van der Waals surface area contributed by atoms with Gasteiger partial charge in [-0.1, -0.05) is 23.2 Å². The number of nitrogens with zero attached hydrogens (tertiary/aromatic N) is 2. The maximum absolute atomic E-state index is 6.16. The second-order valence-corrected chi connectivity index (χ2v) is 6.27. The molecule has 3 nitrogen and oxygen atoms in total. The Morgan fingerprint density at radius 3 is 2.72 bits per heavy atom. The second kappa shape index (κ2) is 6.06. The van der Waals surface area contributed by atoms with Crippen LogP contribution in [0, 0.1) is 6.92 Å². The van der Waals surface area contributed by atoms with Crippen molar-refractivity contribution in [2.24, 2.45) is 7.05 Å². The summed E-state index contributed by atoms with van der Waals surface area (Å²) in [4.78, 5) is 1.29. The third-order valence-electron chi connectivity index (χ3n) is 2.75. The lowest BCUT2D eigenvalue weighted by atomic mass is 10.2. The van der Waals surface area contributed by atoms with Crippen molar-refractivity contribution in [1.29, 1.82) is 0 Å². The largest absolute Gasteiger partial charge is 0.312 e. The summed E-state index contributed by atoms with van der Waals surface area (Å²) in [7, 11) is 1.85. The highest BCUT2D eigenvalue weighted by Gasteiger charge is 2.10. The number of thiophene rings is 1. The zero-order valence-electron chi connectivity index (χ0n) is 10.3. The summed E-state index contributed by atoms with van der Waals surface area (Å²) in [5.74, 6) is 0. The van der Waals surface area contributed by atoms with Crippen LogP contribution >= 0.6 is 34.5 Å². The zero-order valence-corrected chi connectivity index (χ0v) is 12.7. The van der Waals surface area contributed by atoms with Gasteiger partial charge in [-0.25, -0.2) is 0 Å². The minimum Gasteiger partial charge on any atom is -0.312 e. The van der Waals surface area contributed by atoms with E-state index in [0.29, 0.717) is 5.15 Å². The van der Waals surface area contributed by atoms with E-state index in [2.05, 4.69) is 16.5 Å². The van der Waals surface area contributed by atoms with Crippen molar-refractivity contribution in [3.05, 3.63) is 37.8 Å². The lowest BCUT2D eigenvalue weighted by molar-refractivity contribution is 0.688. The zero-order chi connectivity index (χ0) is 13.1. The quantitative estimate of drug-likeness (QED) is 0.858. The van der Waals surface area contributed by atoms with Crippen molar-refractivity contribution in [2.75, 3.05) is 6.54 Å². The van der Waals surface area contributed by atoms with Crippen molar-refractivity contribution in [3.8, 4) is 0 Å². The van der Waals surface area contributed by atoms with Gasteiger partial charge in [0.05, 0.1) is 10.0 Å². The number of rotatable bonds is 5. The number of halogens is 2. The molecule has 6 heteroatoms. The summed E-state index contributed by atoms with van der Waals surface area (Å²) >= 11 is 13.7. The maximum atomic E-state index is 6.16. The Hall–Kier alpha value is -0.550. The average molecular weight is 304 g/mol. The Labute approximate surface area is 121 Å². The third kappa shape index (κ3) is 3.26. The standard InChI is InChI=1S/C12H15Cl2N3S/c1-8-10(12(14)17(2)16-8)7-15-6-5-9-3-4-11(13)18-9/h3-4,15H,5-7H2,1-2H3. The normalized spacial score (nSPS) is 11.1. The molecule has 0 aliphatic rings. The summed E-state index contributed by atoms with van der Waals surface area (Å²) in [5, 5.41) is 8.37. The molecule has 2 rings (SSSR count). The van der Waals surface area contributed by atoms with Crippen LogP contribution in [0.25, 0.3) is 0 Å². The maximum Gasteiger partial charge on any atom is 0.131 e. The Morgan fingerprint density at radius 2 is 2.17 bits per heavy atom. The van der Waals surface area contributed by atoms with E-state index in [9.17, 15) is 0 Å². The van der Waals surface area contributed by atoms with E-state index in [4.69, 9.17) is 23.2 Å². The number of hydrogen-bond acceptors (Lipinski definition) is 3. The fraction of sp³-hybridized carbons (Fsp3) is 0.417. The van der Waals surface area contributed by atoms with E-state index < -0.39 is 0 Å². The minimum absolute atomic E-state index is 0.708. The Balaban J connectivity index is 1.82. The van der Waals surface area contributed by atoms with E-state index in [1.54, 1.807) is 16.0 Å². The van der Waals surface area contributed by atoms with Crippen LogP contribution in [-0.2, 0) is 20.0 Å². The molecule has 0 saturated heterocycles. The first-order chi connectivity index (χ1) is 8.58. The Morgan fingerprint density at radius 1 is 1.39 bits per heavy atom. The summed E-state index contributed by atoms with van der Waals surface area (Å²) in [6, 6.07) is 4.00.